The Morgan fingerprint density at radius 3 is 2.53 bits per heavy atom. The topological polar surface area (TPSA) is 105 Å². The fourth-order valence-corrected chi connectivity index (χ4v) is 3.32. The van der Waals surface area contributed by atoms with Gasteiger partial charge in [-0.2, -0.15) is 5.10 Å². The van der Waals surface area contributed by atoms with E-state index in [1.165, 1.54) is 29.9 Å². The van der Waals surface area contributed by atoms with Crippen molar-refractivity contribution in [3.8, 4) is 11.1 Å². The molecule has 0 aliphatic carbocycles. The maximum absolute atomic E-state index is 13.2. The van der Waals surface area contributed by atoms with Crippen molar-refractivity contribution >= 4 is 34.9 Å². The lowest BCUT2D eigenvalue weighted by Crippen LogP contribution is -2.35. The first-order valence-corrected chi connectivity index (χ1v) is 9.22. The first-order valence-electron chi connectivity index (χ1n) is 9.22. The molecule has 1 aliphatic heterocycles. The molecule has 0 radical (unpaired) electrons. The van der Waals surface area contributed by atoms with E-state index in [1.54, 1.807) is 36.4 Å². The molecule has 2 heterocycles. The van der Waals surface area contributed by atoms with Gasteiger partial charge in [-0.1, -0.05) is 18.2 Å². The van der Waals surface area contributed by atoms with E-state index < -0.39 is 11.9 Å². The minimum atomic E-state index is -0.854. The second-order valence-corrected chi connectivity index (χ2v) is 6.88. The van der Waals surface area contributed by atoms with E-state index >= 15 is 0 Å². The number of nitrogens with zero attached hydrogens (tertiary/aromatic N) is 2. The van der Waals surface area contributed by atoms with E-state index in [2.05, 4.69) is 21.0 Å². The van der Waals surface area contributed by atoms with Gasteiger partial charge in [0.05, 0.1) is 12.6 Å². The van der Waals surface area contributed by atoms with Gasteiger partial charge in [-0.05, 0) is 35.9 Å². The van der Waals surface area contributed by atoms with Crippen molar-refractivity contribution in [1.82, 2.24) is 9.78 Å². The predicted molar refractivity (Wildman–Crippen MR) is 109 cm³/mol. The third kappa shape index (κ3) is 3.90. The maximum atomic E-state index is 13.2. The number of fused-ring (bicyclic) bond motifs is 1. The molecule has 8 nitrogen and oxygen atoms in total. The van der Waals surface area contributed by atoms with Crippen molar-refractivity contribution in [2.24, 2.45) is 0 Å². The summed E-state index contributed by atoms with van der Waals surface area (Å²) in [5.74, 6) is -0.956. The van der Waals surface area contributed by atoms with Crippen molar-refractivity contribution < 1.29 is 18.8 Å². The zero-order valence-electron chi connectivity index (χ0n) is 16.0. The minimum absolute atomic E-state index is 0.0746. The standard InChI is InChI=1S/C21H18FN5O3/c1-12(28)24-15-3-2-4-16(9-15)25-21(30)18-10-19(29)26-20-17(11-23-27(18)20)13-5-7-14(22)8-6-13/h2-9,11,18H,10H2,1H3,(H,24,28)(H,25,30)(H,26,29)/t18-/m1/s1. The summed E-state index contributed by atoms with van der Waals surface area (Å²) >= 11 is 0. The summed E-state index contributed by atoms with van der Waals surface area (Å²) in [7, 11) is 0. The van der Waals surface area contributed by atoms with Gasteiger partial charge in [-0.15, -0.1) is 0 Å². The summed E-state index contributed by atoms with van der Waals surface area (Å²) in [6.45, 7) is 1.39. The highest BCUT2D eigenvalue weighted by Gasteiger charge is 2.33. The molecule has 0 spiro atoms. The van der Waals surface area contributed by atoms with E-state index in [0.29, 0.717) is 28.3 Å². The van der Waals surface area contributed by atoms with Crippen LogP contribution in [0.3, 0.4) is 0 Å². The Bertz CT molecular complexity index is 1140. The number of aromatic nitrogens is 2. The molecule has 3 N–H and O–H groups in total. The summed E-state index contributed by atoms with van der Waals surface area (Å²) in [4.78, 5) is 36.4. The number of rotatable bonds is 4. The van der Waals surface area contributed by atoms with Crippen LogP contribution in [-0.2, 0) is 14.4 Å². The largest absolute Gasteiger partial charge is 0.326 e. The van der Waals surface area contributed by atoms with Gasteiger partial charge in [-0.3, -0.25) is 14.4 Å². The van der Waals surface area contributed by atoms with Gasteiger partial charge in [0, 0.05) is 23.9 Å². The third-order valence-electron chi connectivity index (χ3n) is 4.64. The van der Waals surface area contributed by atoms with Crippen LogP contribution < -0.4 is 16.0 Å². The van der Waals surface area contributed by atoms with E-state index in [-0.39, 0.29) is 24.1 Å². The molecule has 3 amide bonds. The molecule has 0 unspecified atom stereocenters. The van der Waals surface area contributed by atoms with Gasteiger partial charge < -0.3 is 16.0 Å². The van der Waals surface area contributed by atoms with Crippen LogP contribution in [0.4, 0.5) is 21.6 Å². The van der Waals surface area contributed by atoms with Crippen LogP contribution in [0.2, 0.25) is 0 Å². The number of carbonyl (C=O) groups excluding carboxylic acids is 3. The average molecular weight is 407 g/mol. The summed E-state index contributed by atoms with van der Waals surface area (Å²) in [5.41, 5.74) is 2.28. The van der Waals surface area contributed by atoms with Gasteiger partial charge in [0.25, 0.3) is 0 Å². The number of nitrogens with one attached hydrogen (secondary N) is 3. The molecular formula is C21H18FN5O3. The summed E-state index contributed by atoms with van der Waals surface area (Å²) < 4.78 is 14.7. The van der Waals surface area contributed by atoms with Crippen LogP contribution in [0.15, 0.2) is 54.7 Å². The number of halogens is 1. The van der Waals surface area contributed by atoms with E-state index in [4.69, 9.17) is 0 Å². The normalized spacial score (nSPS) is 15.1. The highest BCUT2D eigenvalue weighted by Crippen LogP contribution is 2.34. The Kier molecular flexibility index (Phi) is 5.01. The molecule has 4 rings (SSSR count). The van der Waals surface area contributed by atoms with E-state index in [1.807, 2.05) is 0 Å². The summed E-state index contributed by atoms with van der Waals surface area (Å²) in [5, 5.41) is 12.4. The molecule has 0 saturated carbocycles. The smallest absolute Gasteiger partial charge is 0.249 e. The number of hydrogen-bond acceptors (Lipinski definition) is 4. The Balaban J connectivity index is 1.60. The van der Waals surface area contributed by atoms with Crippen molar-refractivity contribution in [1.29, 1.82) is 0 Å². The van der Waals surface area contributed by atoms with Crippen LogP contribution in [0.1, 0.15) is 19.4 Å². The van der Waals surface area contributed by atoms with Crippen LogP contribution >= 0.6 is 0 Å². The SMILES string of the molecule is CC(=O)Nc1cccc(NC(=O)[C@H]2CC(=O)Nc3c(-c4ccc(F)cc4)cnn32)c1. The highest BCUT2D eigenvalue weighted by atomic mass is 19.1. The fraction of sp³-hybridized carbons (Fsp3) is 0.143. The van der Waals surface area contributed by atoms with Gasteiger partial charge in [0.15, 0.2) is 0 Å². The number of hydrogen-bond donors (Lipinski definition) is 3. The lowest BCUT2D eigenvalue weighted by molar-refractivity contribution is -0.125. The Labute approximate surface area is 171 Å². The van der Waals surface area contributed by atoms with Crippen LogP contribution in [-0.4, -0.2) is 27.5 Å². The molecule has 1 aliphatic rings. The third-order valence-corrected chi connectivity index (χ3v) is 4.64. The molecule has 152 valence electrons. The summed E-state index contributed by atoms with van der Waals surface area (Å²) in [6.07, 6.45) is 1.46. The zero-order valence-corrected chi connectivity index (χ0v) is 16.0. The molecule has 9 heteroatoms. The molecule has 1 aromatic heterocycles. The highest BCUT2D eigenvalue weighted by molar-refractivity contribution is 6.03. The quantitative estimate of drug-likeness (QED) is 0.618. The average Bonchev–Trinajstić information content (AvgIpc) is 3.11. The Hall–Kier alpha value is -4.01. The van der Waals surface area contributed by atoms with E-state index in [0.717, 1.165) is 0 Å². The molecule has 3 aromatic rings. The van der Waals surface area contributed by atoms with Crippen molar-refractivity contribution in [3.05, 3.63) is 60.5 Å². The molecule has 30 heavy (non-hydrogen) atoms. The van der Waals surface area contributed by atoms with Gasteiger partial charge in [0.1, 0.15) is 17.7 Å². The minimum Gasteiger partial charge on any atom is -0.326 e. The first-order chi connectivity index (χ1) is 14.4. The number of benzene rings is 2. The molecule has 0 saturated heterocycles. The van der Waals surface area contributed by atoms with Crippen LogP contribution in [0, 0.1) is 5.82 Å². The fourth-order valence-electron chi connectivity index (χ4n) is 3.32. The second kappa shape index (κ2) is 7.78. The van der Waals surface area contributed by atoms with Gasteiger partial charge in [0.2, 0.25) is 17.7 Å². The van der Waals surface area contributed by atoms with Gasteiger partial charge >= 0.3 is 0 Å². The Morgan fingerprint density at radius 1 is 1.13 bits per heavy atom. The lowest BCUT2D eigenvalue weighted by Gasteiger charge is -2.24. The maximum Gasteiger partial charge on any atom is 0.249 e. The number of amides is 3. The van der Waals surface area contributed by atoms with Crippen molar-refractivity contribution in [2.75, 3.05) is 16.0 Å². The summed E-state index contributed by atoms with van der Waals surface area (Å²) in [6, 6.07) is 11.6. The van der Waals surface area contributed by atoms with Crippen LogP contribution in [0.5, 0.6) is 0 Å². The number of anilines is 3. The first kappa shape index (κ1) is 19.3. The van der Waals surface area contributed by atoms with Gasteiger partial charge in [-0.25, -0.2) is 9.07 Å². The molecular weight excluding hydrogens is 389 g/mol. The molecule has 0 fully saturated rings. The second-order valence-electron chi connectivity index (χ2n) is 6.88. The molecule has 2 aromatic carbocycles. The van der Waals surface area contributed by atoms with E-state index in [9.17, 15) is 18.8 Å². The molecule has 0 bridgehead atoms. The number of carbonyl (C=O) groups is 3. The van der Waals surface area contributed by atoms with Crippen molar-refractivity contribution in [2.45, 2.75) is 19.4 Å². The lowest BCUT2D eigenvalue weighted by atomic mass is 10.1. The molecule has 1 atom stereocenters. The van der Waals surface area contributed by atoms with Crippen LogP contribution in [0.25, 0.3) is 11.1 Å². The zero-order chi connectivity index (χ0) is 21.3. The van der Waals surface area contributed by atoms with Crippen molar-refractivity contribution in [3.63, 3.8) is 0 Å². The monoisotopic (exact) mass is 407 g/mol. The Morgan fingerprint density at radius 2 is 1.83 bits per heavy atom. The predicted octanol–water partition coefficient (Wildman–Crippen LogP) is 3.17.